The molecule has 3 rings (SSSR count). The van der Waals surface area contributed by atoms with Gasteiger partial charge in [0.2, 0.25) is 0 Å². The van der Waals surface area contributed by atoms with Crippen LogP contribution in [0, 0.1) is 6.92 Å². The number of likely N-dealkylation sites (tertiary alicyclic amines) is 1. The van der Waals surface area contributed by atoms with E-state index < -0.39 is 0 Å². The Kier molecular flexibility index (Phi) is 3.50. The van der Waals surface area contributed by atoms with Gasteiger partial charge in [0.05, 0.1) is 5.52 Å². The number of fused-ring (bicyclic) bond motifs is 1. The highest BCUT2D eigenvalue weighted by molar-refractivity contribution is 6.32. The third kappa shape index (κ3) is 2.26. The van der Waals surface area contributed by atoms with Crippen LogP contribution in [0.1, 0.15) is 37.1 Å². The van der Waals surface area contributed by atoms with Gasteiger partial charge in [-0.25, -0.2) is 4.98 Å². The van der Waals surface area contributed by atoms with E-state index >= 15 is 0 Å². The molecule has 1 saturated heterocycles. The number of pyridine rings is 1. The number of nitrogens with zero attached hydrogens (tertiary/aromatic N) is 3. The number of aromatic nitrogens is 2. The second-order valence-corrected chi connectivity index (χ2v) is 5.74. The minimum Gasteiger partial charge on any atom is -0.304 e. The standard InChI is InChI=1S/C15H20ClN3/c1-3-18-9-6-12(7-10-18)15-17-14(16)13-11(2)5-4-8-19(13)15/h4-5,8,12H,3,6-7,9-10H2,1-2H3. The topological polar surface area (TPSA) is 20.5 Å². The predicted octanol–water partition coefficient (Wildman–Crippen LogP) is 3.50. The summed E-state index contributed by atoms with van der Waals surface area (Å²) in [6.07, 6.45) is 4.44. The highest BCUT2D eigenvalue weighted by Crippen LogP contribution is 2.31. The Bertz CT molecular complexity index is 582. The summed E-state index contributed by atoms with van der Waals surface area (Å²) >= 11 is 6.32. The lowest BCUT2D eigenvalue weighted by Gasteiger charge is -2.30. The zero-order valence-corrected chi connectivity index (χ0v) is 12.3. The van der Waals surface area contributed by atoms with Gasteiger partial charge in [-0.05, 0) is 51.0 Å². The van der Waals surface area contributed by atoms with E-state index in [1.54, 1.807) is 0 Å². The van der Waals surface area contributed by atoms with Crippen LogP contribution in [0.25, 0.3) is 5.52 Å². The van der Waals surface area contributed by atoms with Crippen molar-refractivity contribution in [2.75, 3.05) is 19.6 Å². The number of piperidine rings is 1. The van der Waals surface area contributed by atoms with Crippen LogP contribution < -0.4 is 0 Å². The predicted molar refractivity (Wildman–Crippen MR) is 79.0 cm³/mol. The minimum atomic E-state index is 0.532. The maximum Gasteiger partial charge on any atom is 0.155 e. The Balaban J connectivity index is 1.96. The van der Waals surface area contributed by atoms with Gasteiger partial charge < -0.3 is 9.30 Å². The lowest BCUT2D eigenvalue weighted by Crippen LogP contribution is -2.33. The molecule has 3 nitrogen and oxygen atoms in total. The molecular formula is C15H20ClN3. The Hall–Kier alpha value is -1.06. The summed E-state index contributed by atoms with van der Waals surface area (Å²) in [5.74, 6) is 1.67. The van der Waals surface area contributed by atoms with E-state index in [2.05, 4.69) is 46.5 Å². The van der Waals surface area contributed by atoms with E-state index in [-0.39, 0.29) is 0 Å². The van der Waals surface area contributed by atoms with Gasteiger partial charge in [-0.1, -0.05) is 24.6 Å². The number of imidazole rings is 1. The van der Waals surface area contributed by atoms with Crippen LogP contribution in [0.3, 0.4) is 0 Å². The molecule has 0 amide bonds. The average Bonchev–Trinajstić information content (AvgIpc) is 2.78. The molecule has 0 aromatic carbocycles. The average molecular weight is 278 g/mol. The Labute approximate surface area is 119 Å². The zero-order chi connectivity index (χ0) is 13.4. The zero-order valence-electron chi connectivity index (χ0n) is 11.6. The summed E-state index contributed by atoms with van der Waals surface area (Å²) in [7, 11) is 0. The van der Waals surface area contributed by atoms with Crippen molar-refractivity contribution in [2.24, 2.45) is 0 Å². The van der Waals surface area contributed by atoms with E-state index in [1.165, 1.54) is 31.5 Å². The van der Waals surface area contributed by atoms with Crippen LogP contribution in [0.4, 0.5) is 0 Å². The molecule has 0 radical (unpaired) electrons. The molecule has 0 aliphatic carbocycles. The van der Waals surface area contributed by atoms with Gasteiger partial charge in [-0.3, -0.25) is 0 Å². The van der Waals surface area contributed by atoms with E-state index in [4.69, 9.17) is 11.6 Å². The van der Waals surface area contributed by atoms with Crippen molar-refractivity contribution in [3.8, 4) is 0 Å². The van der Waals surface area contributed by atoms with Gasteiger partial charge in [-0.15, -0.1) is 0 Å². The van der Waals surface area contributed by atoms with Crippen LogP contribution in [-0.4, -0.2) is 33.9 Å². The lowest BCUT2D eigenvalue weighted by molar-refractivity contribution is 0.219. The minimum absolute atomic E-state index is 0.532. The van der Waals surface area contributed by atoms with Gasteiger partial charge in [0.15, 0.2) is 5.15 Å². The van der Waals surface area contributed by atoms with Crippen molar-refractivity contribution in [3.63, 3.8) is 0 Å². The smallest absolute Gasteiger partial charge is 0.155 e. The Morgan fingerprint density at radius 2 is 2.11 bits per heavy atom. The third-order valence-electron chi connectivity index (χ3n) is 4.25. The summed E-state index contributed by atoms with van der Waals surface area (Å²) in [5, 5.41) is 0.644. The maximum absolute atomic E-state index is 6.32. The molecule has 0 spiro atoms. The van der Waals surface area contributed by atoms with E-state index in [0.29, 0.717) is 11.1 Å². The number of aryl methyl sites for hydroxylation is 1. The molecule has 2 aromatic rings. The second kappa shape index (κ2) is 5.14. The molecule has 0 saturated carbocycles. The molecule has 0 N–H and O–H groups in total. The van der Waals surface area contributed by atoms with Crippen LogP contribution in [-0.2, 0) is 0 Å². The number of halogens is 1. The summed E-state index contributed by atoms with van der Waals surface area (Å²) < 4.78 is 2.18. The normalized spacial score (nSPS) is 18.3. The molecule has 2 aromatic heterocycles. The van der Waals surface area contributed by atoms with Crippen molar-refractivity contribution in [1.82, 2.24) is 14.3 Å². The first-order chi connectivity index (χ1) is 9.20. The van der Waals surface area contributed by atoms with Crippen molar-refractivity contribution in [1.29, 1.82) is 0 Å². The highest BCUT2D eigenvalue weighted by Gasteiger charge is 2.24. The molecule has 1 aliphatic heterocycles. The molecule has 1 aliphatic rings. The molecule has 19 heavy (non-hydrogen) atoms. The second-order valence-electron chi connectivity index (χ2n) is 5.38. The fraction of sp³-hybridized carbons (Fsp3) is 0.533. The molecule has 3 heterocycles. The summed E-state index contributed by atoms with van der Waals surface area (Å²) in [6.45, 7) is 7.80. The summed E-state index contributed by atoms with van der Waals surface area (Å²) in [5.41, 5.74) is 2.26. The van der Waals surface area contributed by atoms with E-state index in [0.717, 1.165) is 17.9 Å². The van der Waals surface area contributed by atoms with Crippen LogP contribution in [0.2, 0.25) is 5.15 Å². The number of hydrogen-bond donors (Lipinski definition) is 0. The Morgan fingerprint density at radius 3 is 2.79 bits per heavy atom. The quantitative estimate of drug-likeness (QED) is 0.838. The SMILES string of the molecule is CCN1CCC(c2nc(Cl)c3c(C)cccn23)CC1. The Morgan fingerprint density at radius 1 is 1.37 bits per heavy atom. The van der Waals surface area contributed by atoms with Crippen molar-refractivity contribution in [2.45, 2.75) is 32.6 Å². The fourth-order valence-electron chi connectivity index (χ4n) is 3.07. The first kappa shape index (κ1) is 12.9. The first-order valence-corrected chi connectivity index (χ1v) is 7.44. The summed E-state index contributed by atoms with van der Waals surface area (Å²) in [4.78, 5) is 7.13. The maximum atomic E-state index is 6.32. The fourth-order valence-corrected chi connectivity index (χ4v) is 3.40. The first-order valence-electron chi connectivity index (χ1n) is 7.06. The molecule has 1 fully saturated rings. The van der Waals surface area contributed by atoms with Crippen LogP contribution >= 0.6 is 11.6 Å². The number of rotatable bonds is 2. The molecule has 0 bridgehead atoms. The summed E-state index contributed by atoms with van der Waals surface area (Å²) in [6, 6.07) is 4.16. The lowest BCUT2D eigenvalue weighted by atomic mass is 9.96. The van der Waals surface area contributed by atoms with Crippen LogP contribution in [0.5, 0.6) is 0 Å². The largest absolute Gasteiger partial charge is 0.304 e. The van der Waals surface area contributed by atoms with Crippen LogP contribution in [0.15, 0.2) is 18.3 Å². The van der Waals surface area contributed by atoms with E-state index in [9.17, 15) is 0 Å². The van der Waals surface area contributed by atoms with Crippen molar-refractivity contribution in [3.05, 3.63) is 34.9 Å². The molecule has 0 unspecified atom stereocenters. The third-order valence-corrected chi connectivity index (χ3v) is 4.51. The monoisotopic (exact) mass is 277 g/mol. The van der Waals surface area contributed by atoms with Gasteiger partial charge in [-0.2, -0.15) is 0 Å². The van der Waals surface area contributed by atoms with E-state index in [1.807, 2.05) is 0 Å². The molecule has 102 valence electrons. The van der Waals surface area contributed by atoms with Gasteiger partial charge in [0.1, 0.15) is 5.82 Å². The molecule has 0 atom stereocenters. The van der Waals surface area contributed by atoms with Crippen molar-refractivity contribution < 1.29 is 0 Å². The molecule has 4 heteroatoms. The number of hydrogen-bond acceptors (Lipinski definition) is 2. The van der Waals surface area contributed by atoms with Crippen molar-refractivity contribution >= 4 is 17.1 Å². The van der Waals surface area contributed by atoms with Gasteiger partial charge in [0.25, 0.3) is 0 Å². The highest BCUT2D eigenvalue weighted by atomic mass is 35.5. The molecular weight excluding hydrogens is 258 g/mol. The van der Waals surface area contributed by atoms with Gasteiger partial charge >= 0.3 is 0 Å². The van der Waals surface area contributed by atoms with Gasteiger partial charge in [0, 0.05) is 12.1 Å².